The van der Waals surface area contributed by atoms with E-state index in [4.69, 9.17) is 9.47 Å². The molecule has 3 rings (SSSR count). The van der Waals surface area contributed by atoms with Gasteiger partial charge in [-0.05, 0) is 63.8 Å². The van der Waals surface area contributed by atoms with Gasteiger partial charge in [0.05, 0.1) is 0 Å². The molecule has 0 saturated carbocycles. The van der Waals surface area contributed by atoms with E-state index in [9.17, 15) is 9.59 Å². The molecule has 2 aromatic carbocycles. The average molecular weight is 439 g/mol. The van der Waals surface area contributed by atoms with Gasteiger partial charge in [0.25, 0.3) is 11.8 Å². The minimum absolute atomic E-state index is 0.0559. The van der Waals surface area contributed by atoms with Crippen LogP contribution in [0.2, 0.25) is 0 Å². The second-order valence-electron chi connectivity index (χ2n) is 8.61. The van der Waals surface area contributed by atoms with Crippen LogP contribution in [-0.2, 0) is 9.59 Å². The Bertz CT molecular complexity index is 860. The molecular formula is C26H34N2O4. The number of nitrogens with zero attached hydrogens (tertiary/aromatic N) is 2. The number of amides is 2. The molecule has 2 unspecified atom stereocenters. The number of hydrogen-bond donors (Lipinski definition) is 0. The van der Waals surface area contributed by atoms with Gasteiger partial charge in [0, 0.05) is 26.2 Å². The Balaban J connectivity index is 1.54. The van der Waals surface area contributed by atoms with Crippen molar-refractivity contribution in [2.24, 2.45) is 0 Å². The highest BCUT2D eigenvalue weighted by Gasteiger charge is 2.30. The molecule has 2 atom stereocenters. The first kappa shape index (κ1) is 23.6. The van der Waals surface area contributed by atoms with E-state index in [2.05, 4.69) is 0 Å². The van der Waals surface area contributed by atoms with Crippen LogP contribution in [0, 0.1) is 27.7 Å². The summed E-state index contributed by atoms with van der Waals surface area (Å²) in [6.45, 7) is 13.4. The van der Waals surface area contributed by atoms with Crippen molar-refractivity contribution in [1.29, 1.82) is 0 Å². The summed E-state index contributed by atoms with van der Waals surface area (Å²) in [5.41, 5.74) is 4.05. The van der Waals surface area contributed by atoms with Crippen molar-refractivity contribution in [3.05, 3.63) is 58.7 Å². The lowest BCUT2D eigenvalue weighted by atomic mass is 10.1. The maximum absolute atomic E-state index is 12.9. The predicted octanol–water partition coefficient (Wildman–Crippen LogP) is 3.83. The summed E-state index contributed by atoms with van der Waals surface area (Å²) in [4.78, 5) is 29.4. The van der Waals surface area contributed by atoms with Crippen LogP contribution < -0.4 is 9.47 Å². The van der Waals surface area contributed by atoms with E-state index >= 15 is 0 Å². The molecule has 1 saturated heterocycles. The highest BCUT2D eigenvalue weighted by atomic mass is 16.5. The van der Waals surface area contributed by atoms with E-state index in [-0.39, 0.29) is 11.8 Å². The zero-order valence-corrected chi connectivity index (χ0v) is 20.0. The molecule has 0 aliphatic carbocycles. The first-order valence-corrected chi connectivity index (χ1v) is 11.2. The fraction of sp³-hybridized carbons (Fsp3) is 0.462. The lowest BCUT2D eigenvalue weighted by molar-refractivity contribution is -0.146. The van der Waals surface area contributed by atoms with E-state index in [0.29, 0.717) is 26.2 Å². The molecule has 0 radical (unpaired) electrons. The highest BCUT2D eigenvalue weighted by Crippen LogP contribution is 2.25. The fourth-order valence-electron chi connectivity index (χ4n) is 4.09. The summed E-state index contributed by atoms with van der Waals surface area (Å²) in [5, 5.41) is 0. The van der Waals surface area contributed by atoms with Gasteiger partial charge in [-0.15, -0.1) is 0 Å². The van der Waals surface area contributed by atoms with Gasteiger partial charge in [-0.2, -0.15) is 0 Å². The zero-order valence-electron chi connectivity index (χ0n) is 20.0. The largest absolute Gasteiger partial charge is 0.480 e. The second-order valence-corrected chi connectivity index (χ2v) is 8.61. The fourth-order valence-corrected chi connectivity index (χ4v) is 4.09. The van der Waals surface area contributed by atoms with E-state index in [0.717, 1.165) is 33.8 Å². The molecule has 2 aromatic rings. The Morgan fingerprint density at radius 3 is 1.22 bits per heavy atom. The number of benzene rings is 2. The van der Waals surface area contributed by atoms with Gasteiger partial charge in [-0.1, -0.05) is 36.4 Å². The first-order chi connectivity index (χ1) is 15.2. The normalized spacial score (nSPS) is 15.8. The van der Waals surface area contributed by atoms with Crippen LogP contribution >= 0.6 is 0 Å². The smallest absolute Gasteiger partial charge is 0.263 e. The Morgan fingerprint density at radius 1 is 0.656 bits per heavy atom. The number of carbonyl (C=O) groups is 2. The van der Waals surface area contributed by atoms with E-state index in [1.807, 2.05) is 64.1 Å². The molecule has 0 aromatic heterocycles. The van der Waals surface area contributed by atoms with E-state index < -0.39 is 12.2 Å². The zero-order chi connectivity index (χ0) is 23.4. The number of rotatable bonds is 6. The third-order valence-corrected chi connectivity index (χ3v) is 6.01. The van der Waals surface area contributed by atoms with Crippen molar-refractivity contribution < 1.29 is 19.1 Å². The number of para-hydroxylation sites is 2. The second kappa shape index (κ2) is 10.1. The van der Waals surface area contributed by atoms with Crippen molar-refractivity contribution in [1.82, 2.24) is 9.80 Å². The molecule has 0 spiro atoms. The molecule has 6 nitrogen and oxygen atoms in total. The Hall–Kier alpha value is -3.02. The third kappa shape index (κ3) is 5.23. The van der Waals surface area contributed by atoms with Gasteiger partial charge in [0.15, 0.2) is 12.2 Å². The number of aryl methyl sites for hydroxylation is 4. The highest BCUT2D eigenvalue weighted by molar-refractivity contribution is 5.83. The summed E-state index contributed by atoms with van der Waals surface area (Å²) in [7, 11) is 0. The van der Waals surface area contributed by atoms with Gasteiger partial charge >= 0.3 is 0 Å². The number of ether oxygens (including phenoxy) is 2. The molecule has 1 aliphatic rings. The third-order valence-electron chi connectivity index (χ3n) is 6.01. The molecule has 2 amide bonds. The van der Waals surface area contributed by atoms with Gasteiger partial charge in [-0.25, -0.2) is 0 Å². The molecule has 1 fully saturated rings. The monoisotopic (exact) mass is 438 g/mol. The Kier molecular flexibility index (Phi) is 7.44. The summed E-state index contributed by atoms with van der Waals surface area (Å²) >= 11 is 0. The average Bonchev–Trinajstić information content (AvgIpc) is 2.77. The lowest BCUT2D eigenvalue weighted by Crippen LogP contribution is -2.55. The number of carbonyl (C=O) groups excluding carboxylic acids is 2. The van der Waals surface area contributed by atoms with Gasteiger partial charge < -0.3 is 19.3 Å². The van der Waals surface area contributed by atoms with Crippen molar-refractivity contribution >= 4 is 11.8 Å². The minimum atomic E-state index is -0.580. The van der Waals surface area contributed by atoms with Crippen LogP contribution in [0.3, 0.4) is 0 Å². The molecular weight excluding hydrogens is 404 g/mol. The van der Waals surface area contributed by atoms with Crippen LogP contribution in [0.15, 0.2) is 36.4 Å². The lowest BCUT2D eigenvalue weighted by Gasteiger charge is -2.37. The van der Waals surface area contributed by atoms with Crippen LogP contribution in [0.25, 0.3) is 0 Å². The van der Waals surface area contributed by atoms with Crippen LogP contribution in [0.5, 0.6) is 11.5 Å². The quantitative estimate of drug-likeness (QED) is 0.688. The minimum Gasteiger partial charge on any atom is -0.480 e. The van der Waals surface area contributed by atoms with E-state index in [1.165, 1.54) is 0 Å². The standard InChI is InChI=1S/C26H34N2O4/c1-17-9-7-10-18(2)23(17)31-21(5)25(29)27-13-15-28(16-14-27)26(30)22(6)32-24-19(3)11-8-12-20(24)4/h7-12,21-22H,13-16H2,1-6H3. The summed E-state index contributed by atoms with van der Waals surface area (Å²) in [6.07, 6.45) is -1.16. The summed E-state index contributed by atoms with van der Waals surface area (Å²) < 4.78 is 12.0. The van der Waals surface area contributed by atoms with Gasteiger partial charge in [0.2, 0.25) is 0 Å². The van der Waals surface area contributed by atoms with Crippen LogP contribution in [0.4, 0.5) is 0 Å². The molecule has 6 heteroatoms. The van der Waals surface area contributed by atoms with Gasteiger partial charge in [0.1, 0.15) is 11.5 Å². The van der Waals surface area contributed by atoms with Crippen molar-refractivity contribution in [3.63, 3.8) is 0 Å². The predicted molar refractivity (Wildman–Crippen MR) is 125 cm³/mol. The van der Waals surface area contributed by atoms with E-state index in [1.54, 1.807) is 23.6 Å². The maximum atomic E-state index is 12.9. The Morgan fingerprint density at radius 2 is 0.938 bits per heavy atom. The summed E-state index contributed by atoms with van der Waals surface area (Å²) in [5.74, 6) is 1.42. The molecule has 0 bridgehead atoms. The van der Waals surface area contributed by atoms with Crippen molar-refractivity contribution in [2.45, 2.75) is 53.8 Å². The van der Waals surface area contributed by atoms with Gasteiger partial charge in [-0.3, -0.25) is 9.59 Å². The molecule has 0 N–H and O–H groups in total. The van der Waals surface area contributed by atoms with Crippen molar-refractivity contribution in [3.8, 4) is 11.5 Å². The Labute approximate surface area is 191 Å². The van der Waals surface area contributed by atoms with Crippen molar-refractivity contribution in [2.75, 3.05) is 26.2 Å². The summed E-state index contributed by atoms with van der Waals surface area (Å²) in [6, 6.07) is 11.9. The molecule has 172 valence electrons. The maximum Gasteiger partial charge on any atom is 0.263 e. The molecule has 32 heavy (non-hydrogen) atoms. The van der Waals surface area contributed by atoms with Crippen LogP contribution in [0.1, 0.15) is 36.1 Å². The number of piperazine rings is 1. The van der Waals surface area contributed by atoms with Crippen LogP contribution in [-0.4, -0.2) is 60.0 Å². The molecule has 1 heterocycles. The topological polar surface area (TPSA) is 59.1 Å². The molecule has 1 aliphatic heterocycles. The number of hydrogen-bond acceptors (Lipinski definition) is 4. The SMILES string of the molecule is Cc1cccc(C)c1OC(C)C(=O)N1CCN(C(=O)C(C)Oc2c(C)cccc2C)CC1. The first-order valence-electron chi connectivity index (χ1n) is 11.2.